The number of nitrogens with two attached hydrogens (primary N) is 1. The first kappa shape index (κ1) is 14.9. The van der Waals surface area contributed by atoms with Crippen molar-refractivity contribution in [3.63, 3.8) is 0 Å². The van der Waals surface area contributed by atoms with E-state index in [-0.39, 0.29) is 43.6 Å². The Morgan fingerprint density at radius 2 is 1.85 bits per heavy atom. The normalized spacial score (nSPS) is 20.4. The van der Waals surface area contributed by atoms with Gasteiger partial charge < -0.3 is 11.1 Å². The maximum Gasteiger partial charge on any atom is 0.248 e. The summed E-state index contributed by atoms with van der Waals surface area (Å²) in [5.74, 6) is -3.09. The summed E-state index contributed by atoms with van der Waals surface area (Å²) < 4.78 is 26.1. The highest BCUT2D eigenvalue weighted by Gasteiger charge is 2.37. The summed E-state index contributed by atoms with van der Waals surface area (Å²) in [5.41, 5.74) is 7.41. The molecule has 0 aliphatic heterocycles. The van der Waals surface area contributed by atoms with Crippen molar-refractivity contribution >= 4 is 11.6 Å². The van der Waals surface area contributed by atoms with Crippen molar-refractivity contribution in [3.05, 3.63) is 29.8 Å². The average Bonchev–Trinajstić information content (AvgIpc) is 2.39. The Morgan fingerprint density at radius 1 is 1.30 bits per heavy atom. The Morgan fingerprint density at radius 3 is 2.35 bits per heavy atom. The van der Waals surface area contributed by atoms with Gasteiger partial charge in [-0.25, -0.2) is 8.78 Å². The molecule has 1 unspecified atom stereocenters. The Labute approximate surface area is 117 Å². The molecule has 0 saturated heterocycles. The van der Waals surface area contributed by atoms with Crippen LogP contribution in [-0.4, -0.2) is 11.8 Å². The molecule has 2 rings (SSSR count). The molecule has 20 heavy (non-hydrogen) atoms. The zero-order valence-corrected chi connectivity index (χ0v) is 11.5. The van der Waals surface area contributed by atoms with Crippen LogP contribution in [0.1, 0.15) is 44.2 Å². The van der Waals surface area contributed by atoms with E-state index in [0.717, 1.165) is 5.56 Å². The van der Waals surface area contributed by atoms with Crippen molar-refractivity contribution in [3.8, 4) is 0 Å². The van der Waals surface area contributed by atoms with Crippen LogP contribution in [-0.2, 0) is 4.79 Å². The van der Waals surface area contributed by atoms with E-state index in [9.17, 15) is 13.6 Å². The molecule has 1 aromatic rings. The summed E-state index contributed by atoms with van der Waals surface area (Å²) in [6.45, 7) is 1.88. The number of benzene rings is 1. The van der Waals surface area contributed by atoms with E-state index >= 15 is 0 Å². The van der Waals surface area contributed by atoms with Gasteiger partial charge >= 0.3 is 0 Å². The summed E-state index contributed by atoms with van der Waals surface area (Å²) >= 11 is 0. The molecule has 1 aliphatic carbocycles. The number of amides is 1. The Kier molecular flexibility index (Phi) is 4.38. The van der Waals surface area contributed by atoms with Crippen molar-refractivity contribution in [1.29, 1.82) is 0 Å². The van der Waals surface area contributed by atoms with Crippen LogP contribution in [0.2, 0.25) is 0 Å². The van der Waals surface area contributed by atoms with Gasteiger partial charge in [-0.3, -0.25) is 4.79 Å². The maximum atomic E-state index is 13.0. The standard InChI is InChI=1S/C15H20F2N2O/c1-10(18)11-2-4-13(5-3-11)19-14(20)12-6-8-15(16,17)9-7-12/h2-5,10,12H,6-9,18H2,1H3,(H,19,20). The Balaban J connectivity index is 1.91. The number of hydrogen-bond donors (Lipinski definition) is 2. The van der Waals surface area contributed by atoms with Crippen LogP contribution in [0.4, 0.5) is 14.5 Å². The largest absolute Gasteiger partial charge is 0.326 e. The molecule has 0 heterocycles. The second kappa shape index (κ2) is 5.87. The molecule has 0 aromatic heterocycles. The summed E-state index contributed by atoms with van der Waals surface area (Å²) in [6, 6.07) is 7.23. The minimum atomic E-state index is -2.60. The fourth-order valence-corrected chi connectivity index (χ4v) is 2.42. The molecule has 0 radical (unpaired) electrons. The van der Waals surface area contributed by atoms with Gasteiger partial charge in [0, 0.05) is 30.5 Å². The first-order valence-corrected chi connectivity index (χ1v) is 6.92. The predicted molar refractivity (Wildman–Crippen MR) is 74.6 cm³/mol. The molecule has 5 heteroatoms. The highest BCUT2D eigenvalue weighted by molar-refractivity contribution is 5.92. The van der Waals surface area contributed by atoms with Crippen molar-refractivity contribution in [2.24, 2.45) is 11.7 Å². The lowest BCUT2D eigenvalue weighted by molar-refractivity contribution is -0.124. The van der Waals surface area contributed by atoms with Crippen LogP contribution in [0.15, 0.2) is 24.3 Å². The molecule has 110 valence electrons. The number of carbonyl (C=O) groups is 1. The van der Waals surface area contributed by atoms with Gasteiger partial charge in [-0.05, 0) is 37.5 Å². The van der Waals surface area contributed by atoms with Crippen molar-refractivity contribution < 1.29 is 13.6 Å². The van der Waals surface area contributed by atoms with Gasteiger partial charge in [0.15, 0.2) is 0 Å². The van der Waals surface area contributed by atoms with E-state index in [1.54, 1.807) is 12.1 Å². The van der Waals surface area contributed by atoms with E-state index in [4.69, 9.17) is 5.73 Å². The summed E-state index contributed by atoms with van der Waals surface area (Å²) in [4.78, 5) is 12.0. The van der Waals surface area contributed by atoms with Gasteiger partial charge in [0.05, 0.1) is 0 Å². The van der Waals surface area contributed by atoms with E-state index < -0.39 is 5.92 Å². The highest BCUT2D eigenvalue weighted by atomic mass is 19.3. The molecular weight excluding hydrogens is 262 g/mol. The molecule has 0 bridgehead atoms. The van der Waals surface area contributed by atoms with Crippen LogP contribution in [0, 0.1) is 5.92 Å². The number of carbonyl (C=O) groups excluding carboxylic acids is 1. The van der Waals surface area contributed by atoms with Crippen molar-refractivity contribution in [2.45, 2.75) is 44.6 Å². The molecule has 0 spiro atoms. The van der Waals surface area contributed by atoms with Crippen LogP contribution >= 0.6 is 0 Å². The van der Waals surface area contributed by atoms with Gasteiger partial charge in [-0.1, -0.05) is 12.1 Å². The molecule has 3 nitrogen and oxygen atoms in total. The van der Waals surface area contributed by atoms with Gasteiger partial charge in [0.2, 0.25) is 11.8 Å². The van der Waals surface area contributed by atoms with Crippen LogP contribution < -0.4 is 11.1 Å². The minimum absolute atomic E-state index is 0.0553. The fraction of sp³-hybridized carbons (Fsp3) is 0.533. The van der Waals surface area contributed by atoms with Crippen molar-refractivity contribution in [1.82, 2.24) is 0 Å². The summed E-state index contributed by atoms with van der Waals surface area (Å²) in [5, 5.41) is 2.78. The zero-order chi connectivity index (χ0) is 14.8. The molecule has 1 saturated carbocycles. The zero-order valence-electron chi connectivity index (χ0n) is 11.5. The molecule has 1 aliphatic rings. The van der Waals surface area contributed by atoms with E-state index in [2.05, 4.69) is 5.32 Å². The number of nitrogens with one attached hydrogen (secondary N) is 1. The third kappa shape index (κ3) is 3.76. The van der Waals surface area contributed by atoms with Gasteiger partial charge in [-0.15, -0.1) is 0 Å². The van der Waals surface area contributed by atoms with E-state index in [0.29, 0.717) is 5.69 Å². The number of rotatable bonds is 3. The number of hydrogen-bond acceptors (Lipinski definition) is 2. The van der Waals surface area contributed by atoms with Crippen LogP contribution in [0.25, 0.3) is 0 Å². The topological polar surface area (TPSA) is 55.1 Å². The van der Waals surface area contributed by atoms with Gasteiger partial charge in [0.1, 0.15) is 0 Å². The summed E-state index contributed by atoms with van der Waals surface area (Å²) in [7, 11) is 0. The van der Waals surface area contributed by atoms with Gasteiger partial charge in [0.25, 0.3) is 0 Å². The Hall–Kier alpha value is -1.49. The van der Waals surface area contributed by atoms with Gasteiger partial charge in [-0.2, -0.15) is 0 Å². The first-order valence-electron chi connectivity index (χ1n) is 6.92. The molecule has 1 amide bonds. The summed E-state index contributed by atoms with van der Waals surface area (Å²) in [6.07, 6.45) is 0.0942. The maximum absolute atomic E-state index is 13.0. The molecule has 1 fully saturated rings. The van der Waals surface area contributed by atoms with E-state index in [1.165, 1.54) is 0 Å². The molecule has 1 atom stereocenters. The third-order valence-electron chi connectivity index (χ3n) is 3.79. The quantitative estimate of drug-likeness (QED) is 0.892. The molecular formula is C15H20F2N2O. The first-order chi connectivity index (χ1) is 9.37. The average molecular weight is 282 g/mol. The number of halogens is 2. The molecule has 1 aromatic carbocycles. The van der Waals surface area contributed by atoms with E-state index in [1.807, 2.05) is 19.1 Å². The second-order valence-electron chi connectivity index (χ2n) is 5.53. The SMILES string of the molecule is CC(N)c1ccc(NC(=O)C2CCC(F)(F)CC2)cc1. The number of alkyl halides is 2. The molecule has 3 N–H and O–H groups in total. The third-order valence-corrected chi connectivity index (χ3v) is 3.79. The number of anilines is 1. The lowest BCUT2D eigenvalue weighted by atomic mass is 9.86. The fourth-order valence-electron chi connectivity index (χ4n) is 2.42. The minimum Gasteiger partial charge on any atom is -0.326 e. The predicted octanol–water partition coefficient (Wildman–Crippen LogP) is 3.47. The Bertz CT molecular complexity index is 461. The van der Waals surface area contributed by atoms with Crippen LogP contribution in [0.5, 0.6) is 0 Å². The lowest BCUT2D eigenvalue weighted by Gasteiger charge is -2.27. The lowest BCUT2D eigenvalue weighted by Crippen LogP contribution is -2.31. The monoisotopic (exact) mass is 282 g/mol. The van der Waals surface area contributed by atoms with Crippen molar-refractivity contribution in [2.75, 3.05) is 5.32 Å². The van der Waals surface area contributed by atoms with Crippen LogP contribution in [0.3, 0.4) is 0 Å². The smallest absolute Gasteiger partial charge is 0.248 e. The second-order valence-corrected chi connectivity index (χ2v) is 5.53. The highest BCUT2D eigenvalue weighted by Crippen LogP contribution is 2.36.